The molecule has 0 unspecified atom stereocenters. The molecule has 1 aliphatic carbocycles. The Kier molecular flexibility index (Phi) is 4.55. The van der Waals surface area contributed by atoms with Crippen molar-refractivity contribution in [3.63, 3.8) is 0 Å². The molecule has 5 heteroatoms. The van der Waals surface area contributed by atoms with E-state index in [2.05, 4.69) is 22.3 Å². The SMILES string of the molecule is O=C1CC(C(=O)NC[C@H]2C[C@@H](O)CN2Cc2ccccc2)C1. The van der Waals surface area contributed by atoms with E-state index in [1.807, 2.05) is 18.2 Å². The van der Waals surface area contributed by atoms with Gasteiger partial charge in [-0.3, -0.25) is 14.5 Å². The van der Waals surface area contributed by atoms with E-state index in [1.165, 1.54) is 5.56 Å². The van der Waals surface area contributed by atoms with Crippen molar-refractivity contribution >= 4 is 11.7 Å². The molecule has 1 aromatic carbocycles. The van der Waals surface area contributed by atoms with Crippen molar-refractivity contribution in [2.24, 2.45) is 5.92 Å². The fourth-order valence-corrected chi connectivity index (χ4v) is 3.22. The standard InChI is InChI=1S/C17H22N2O3/c20-15-6-13(7-15)17(22)18-9-14-8-16(21)11-19(14)10-12-4-2-1-3-5-12/h1-5,13-14,16,21H,6-11H2,(H,18,22)/t14-,16-/m1/s1. The summed E-state index contributed by atoms with van der Waals surface area (Å²) in [5.41, 5.74) is 1.21. The van der Waals surface area contributed by atoms with Crippen LogP contribution in [-0.4, -0.2) is 46.9 Å². The second kappa shape index (κ2) is 6.58. The third-order valence-electron chi connectivity index (χ3n) is 4.57. The second-order valence-electron chi connectivity index (χ2n) is 6.35. The van der Waals surface area contributed by atoms with Crippen LogP contribution in [0.5, 0.6) is 0 Å². The van der Waals surface area contributed by atoms with E-state index in [4.69, 9.17) is 0 Å². The van der Waals surface area contributed by atoms with Gasteiger partial charge in [-0.15, -0.1) is 0 Å². The Morgan fingerprint density at radius 1 is 1.27 bits per heavy atom. The summed E-state index contributed by atoms with van der Waals surface area (Å²) in [5, 5.41) is 12.9. The summed E-state index contributed by atoms with van der Waals surface area (Å²) in [6.07, 6.45) is 1.10. The smallest absolute Gasteiger partial charge is 0.224 e. The molecule has 1 amide bonds. The molecule has 1 aromatic rings. The molecule has 2 atom stereocenters. The molecule has 2 aliphatic rings. The Morgan fingerprint density at radius 3 is 2.68 bits per heavy atom. The number of amides is 1. The third kappa shape index (κ3) is 3.54. The van der Waals surface area contributed by atoms with Crippen molar-refractivity contribution in [1.82, 2.24) is 10.2 Å². The number of aliphatic hydroxyl groups excluding tert-OH is 1. The number of hydrogen-bond donors (Lipinski definition) is 2. The number of hydrogen-bond acceptors (Lipinski definition) is 4. The van der Waals surface area contributed by atoms with Crippen LogP contribution in [0.1, 0.15) is 24.8 Å². The van der Waals surface area contributed by atoms with E-state index in [9.17, 15) is 14.7 Å². The first-order valence-electron chi connectivity index (χ1n) is 7.87. The zero-order valence-corrected chi connectivity index (χ0v) is 12.6. The molecule has 22 heavy (non-hydrogen) atoms. The van der Waals surface area contributed by atoms with Crippen LogP contribution in [0, 0.1) is 5.92 Å². The number of likely N-dealkylation sites (tertiary alicyclic amines) is 1. The van der Waals surface area contributed by atoms with E-state index < -0.39 is 0 Å². The van der Waals surface area contributed by atoms with Crippen LogP contribution in [-0.2, 0) is 16.1 Å². The Labute approximate surface area is 130 Å². The molecule has 1 saturated carbocycles. The molecule has 5 nitrogen and oxygen atoms in total. The molecule has 1 heterocycles. The minimum absolute atomic E-state index is 0.0272. The number of benzene rings is 1. The van der Waals surface area contributed by atoms with Gasteiger partial charge in [-0.2, -0.15) is 0 Å². The first-order chi connectivity index (χ1) is 10.6. The summed E-state index contributed by atoms with van der Waals surface area (Å²) in [5.74, 6) is 0.00388. The lowest BCUT2D eigenvalue weighted by atomic mass is 9.83. The number of aliphatic hydroxyl groups is 1. The van der Waals surface area contributed by atoms with Crippen LogP contribution in [0.4, 0.5) is 0 Å². The zero-order valence-electron chi connectivity index (χ0n) is 12.6. The van der Waals surface area contributed by atoms with Gasteiger partial charge in [0.05, 0.1) is 12.0 Å². The quantitative estimate of drug-likeness (QED) is 0.841. The Morgan fingerprint density at radius 2 is 2.00 bits per heavy atom. The first-order valence-corrected chi connectivity index (χ1v) is 7.87. The van der Waals surface area contributed by atoms with Crippen LogP contribution in [0.3, 0.4) is 0 Å². The van der Waals surface area contributed by atoms with Crippen molar-refractivity contribution in [2.45, 2.75) is 38.0 Å². The summed E-state index contributed by atoms with van der Waals surface area (Å²) in [6, 6.07) is 10.3. The highest BCUT2D eigenvalue weighted by atomic mass is 16.3. The van der Waals surface area contributed by atoms with Crippen molar-refractivity contribution in [3.8, 4) is 0 Å². The van der Waals surface area contributed by atoms with Gasteiger partial charge in [0.25, 0.3) is 0 Å². The van der Waals surface area contributed by atoms with E-state index in [1.54, 1.807) is 0 Å². The predicted molar refractivity (Wildman–Crippen MR) is 82.0 cm³/mol. The minimum Gasteiger partial charge on any atom is -0.392 e. The van der Waals surface area contributed by atoms with Gasteiger partial charge < -0.3 is 10.4 Å². The summed E-state index contributed by atoms with van der Waals surface area (Å²) in [4.78, 5) is 25.1. The van der Waals surface area contributed by atoms with Crippen molar-refractivity contribution < 1.29 is 14.7 Å². The van der Waals surface area contributed by atoms with Crippen LogP contribution in [0.25, 0.3) is 0 Å². The maximum atomic E-state index is 11.9. The minimum atomic E-state index is -0.337. The molecule has 0 aromatic heterocycles. The van der Waals surface area contributed by atoms with Gasteiger partial charge in [-0.05, 0) is 12.0 Å². The number of nitrogens with one attached hydrogen (secondary N) is 1. The lowest BCUT2D eigenvalue weighted by molar-refractivity contribution is -0.138. The van der Waals surface area contributed by atoms with E-state index in [0.29, 0.717) is 32.4 Å². The number of carbonyl (C=O) groups excluding carboxylic acids is 2. The van der Waals surface area contributed by atoms with Crippen molar-refractivity contribution in [1.29, 1.82) is 0 Å². The van der Waals surface area contributed by atoms with Gasteiger partial charge in [0.1, 0.15) is 5.78 Å². The number of ketones is 1. The van der Waals surface area contributed by atoms with Gasteiger partial charge in [0, 0.05) is 38.5 Å². The topological polar surface area (TPSA) is 69.6 Å². The Bertz CT molecular complexity index is 538. The first kappa shape index (κ1) is 15.2. The molecular formula is C17H22N2O3. The average Bonchev–Trinajstić information content (AvgIpc) is 2.82. The lowest BCUT2D eigenvalue weighted by Crippen LogP contribution is -2.44. The predicted octanol–water partition coefficient (Wildman–Crippen LogP) is 0.717. The fourth-order valence-electron chi connectivity index (χ4n) is 3.22. The molecule has 1 saturated heterocycles. The monoisotopic (exact) mass is 302 g/mol. The summed E-state index contributed by atoms with van der Waals surface area (Å²) >= 11 is 0. The number of Topliss-reactive ketones (excluding diaryl/α,β-unsaturated/α-hetero) is 1. The molecular weight excluding hydrogens is 280 g/mol. The average molecular weight is 302 g/mol. The number of rotatable bonds is 5. The summed E-state index contributed by atoms with van der Waals surface area (Å²) in [7, 11) is 0. The summed E-state index contributed by atoms with van der Waals surface area (Å²) in [6.45, 7) is 1.95. The van der Waals surface area contributed by atoms with Crippen LogP contribution in [0.2, 0.25) is 0 Å². The van der Waals surface area contributed by atoms with Crippen molar-refractivity contribution in [2.75, 3.05) is 13.1 Å². The van der Waals surface area contributed by atoms with Crippen LogP contribution < -0.4 is 5.32 Å². The van der Waals surface area contributed by atoms with Gasteiger partial charge >= 0.3 is 0 Å². The highest BCUT2D eigenvalue weighted by Crippen LogP contribution is 2.24. The van der Waals surface area contributed by atoms with Gasteiger partial charge in [-0.1, -0.05) is 30.3 Å². The zero-order chi connectivity index (χ0) is 15.5. The Hall–Kier alpha value is -1.72. The number of carbonyl (C=O) groups is 2. The van der Waals surface area contributed by atoms with E-state index in [-0.39, 0.29) is 29.8 Å². The van der Waals surface area contributed by atoms with E-state index in [0.717, 1.165) is 6.54 Å². The molecule has 0 spiro atoms. The van der Waals surface area contributed by atoms with Crippen molar-refractivity contribution in [3.05, 3.63) is 35.9 Å². The molecule has 2 N–H and O–H groups in total. The van der Waals surface area contributed by atoms with Gasteiger partial charge in [0.15, 0.2) is 0 Å². The highest BCUT2D eigenvalue weighted by Gasteiger charge is 2.35. The van der Waals surface area contributed by atoms with Crippen LogP contribution in [0.15, 0.2) is 30.3 Å². The van der Waals surface area contributed by atoms with Gasteiger partial charge in [0.2, 0.25) is 5.91 Å². The molecule has 0 radical (unpaired) electrons. The molecule has 0 bridgehead atoms. The summed E-state index contributed by atoms with van der Waals surface area (Å²) < 4.78 is 0. The maximum absolute atomic E-state index is 11.9. The molecule has 1 aliphatic heterocycles. The second-order valence-corrected chi connectivity index (χ2v) is 6.35. The highest BCUT2D eigenvalue weighted by molar-refractivity contribution is 5.96. The normalized spacial score (nSPS) is 26.0. The van der Waals surface area contributed by atoms with E-state index >= 15 is 0 Å². The Balaban J connectivity index is 1.52. The fraction of sp³-hybridized carbons (Fsp3) is 0.529. The third-order valence-corrected chi connectivity index (χ3v) is 4.57. The maximum Gasteiger partial charge on any atom is 0.224 e. The number of nitrogens with zero attached hydrogens (tertiary/aromatic N) is 1. The van der Waals surface area contributed by atoms with Gasteiger partial charge in [-0.25, -0.2) is 0 Å². The molecule has 2 fully saturated rings. The molecule has 118 valence electrons. The van der Waals surface area contributed by atoms with Crippen LogP contribution >= 0.6 is 0 Å². The largest absolute Gasteiger partial charge is 0.392 e. The number of β-amino-alcohol motifs (C(OH)–C–C–N with tert-alkyl or cyclic N) is 1. The molecule has 3 rings (SSSR count). The lowest BCUT2D eigenvalue weighted by Gasteiger charge is -2.27.